The Hall–Kier alpha value is -0.380. The summed E-state index contributed by atoms with van der Waals surface area (Å²) in [5.41, 5.74) is 4.37. The molecule has 0 fully saturated rings. The number of nitrogens with one attached hydrogen (secondary N) is 1. The molecule has 0 radical (unpaired) electrons. The summed E-state index contributed by atoms with van der Waals surface area (Å²) in [5.74, 6) is 0. The van der Waals surface area contributed by atoms with Crippen molar-refractivity contribution in [3.8, 4) is 0 Å². The molecule has 0 atom stereocenters. The number of halogens is 1. The highest BCUT2D eigenvalue weighted by Crippen LogP contribution is 2.14. The molecule has 0 aliphatic heterocycles. The quantitative estimate of drug-likeness (QED) is 0.743. The van der Waals surface area contributed by atoms with Crippen molar-refractivity contribution in [1.82, 2.24) is 5.48 Å². The molecule has 2 nitrogen and oxygen atoms in total. The summed E-state index contributed by atoms with van der Waals surface area (Å²) < 4.78 is 1.04. The predicted molar refractivity (Wildman–Crippen MR) is 47.5 cm³/mol. The van der Waals surface area contributed by atoms with Gasteiger partial charge in [-0.15, -0.1) is 0 Å². The molecule has 0 saturated heterocycles. The minimum Gasteiger partial charge on any atom is -0.316 e. The average molecular weight is 216 g/mol. The monoisotopic (exact) mass is 215 g/mol. The van der Waals surface area contributed by atoms with Crippen molar-refractivity contribution in [3.05, 3.63) is 33.8 Å². The van der Waals surface area contributed by atoms with E-state index in [0.717, 1.165) is 10.0 Å². The van der Waals surface area contributed by atoms with Gasteiger partial charge in [0, 0.05) is 11.0 Å². The third-order valence-corrected chi connectivity index (χ3v) is 1.84. The van der Waals surface area contributed by atoms with Crippen molar-refractivity contribution < 1.29 is 5.21 Å². The maximum atomic E-state index is 8.44. The number of hydrogen-bond donors (Lipinski definition) is 2. The van der Waals surface area contributed by atoms with Crippen molar-refractivity contribution in [1.29, 1.82) is 0 Å². The van der Waals surface area contributed by atoms with Crippen LogP contribution < -0.4 is 5.48 Å². The Morgan fingerprint density at radius 2 is 2.18 bits per heavy atom. The Kier molecular flexibility index (Phi) is 3.05. The second-order valence-corrected chi connectivity index (χ2v) is 3.39. The highest BCUT2D eigenvalue weighted by Gasteiger charge is 1.94. The van der Waals surface area contributed by atoms with Crippen molar-refractivity contribution >= 4 is 15.9 Å². The molecule has 0 heterocycles. The van der Waals surface area contributed by atoms with Crippen LogP contribution >= 0.6 is 15.9 Å². The van der Waals surface area contributed by atoms with Gasteiger partial charge in [-0.3, -0.25) is 0 Å². The first-order chi connectivity index (χ1) is 5.22. The van der Waals surface area contributed by atoms with Gasteiger partial charge in [-0.25, -0.2) is 5.48 Å². The summed E-state index contributed by atoms with van der Waals surface area (Å²) in [6, 6.07) is 6.02. The van der Waals surface area contributed by atoms with Gasteiger partial charge in [-0.1, -0.05) is 22.0 Å². The van der Waals surface area contributed by atoms with Crippen LogP contribution in [-0.4, -0.2) is 5.21 Å². The van der Waals surface area contributed by atoms with E-state index in [2.05, 4.69) is 21.4 Å². The number of hydroxylamine groups is 1. The third kappa shape index (κ3) is 2.61. The number of aryl methyl sites for hydroxylation is 1. The van der Waals surface area contributed by atoms with Crippen molar-refractivity contribution in [2.75, 3.05) is 0 Å². The van der Waals surface area contributed by atoms with Gasteiger partial charge < -0.3 is 5.21 Å². The molecular formula is C8H10BrNO. The van der Waals surface area contributed by atoms with E-state index in [0.29, 0.717) is 6.54 Å². The van der Waals surface area contributed by atoms with Crippen molar-refractivity contribution in [3.63, 3.8) is 0 Å². The molecule has 3 heteroatoms. The molecule has 1 aromatic carbocycles. The Balaban J connectivity index is 2.89. The van der Waals surface area contributed by atoms with Crippen molar-refractivity contribution in [2.24, 2.45) is 0 Å². The van der Waals surface area contributed by atoms with Crippen LogP contribution in [0.4, 0.5) is 0 Å². The normalized spacial score (nSPS) is 10.1. The summed E-state index contributed by atoms with van der Waals surface area (Å²) in [6.45, 7) is 2.51. The molecular weight excluding hydrogens is 206 g/mol. The van der Waals surface area contributed by atoms with Crippen LogP contribution in [0.3, 0.4) is 0 Å². The fourth-order valence-corrected chi connectivity index (χ4v) is 1.66. The summed E-state index contributed by atoms with van der Waals surface area (Å²) >= 11 is 3.37. The SMILES string of the molecule is Cc1cc(Br)cc(CNO)c1. The standard InChI is InChI=1S/C8H10BrNO/c1-6-2-7(5-10-11)4-8(9)3-6/h2-4,10-11H,5H2,1H3. The molecule has 0 aliphatic rings. The Morgan fingerprint density at radius 3 is 2.73 bits per heavy atom. The Labute approximate surface area is 74.3 Å². The fraction of sp³-hybridized carbons (Fsp3) is 0.250. The zero-order valence-corrected chi connectivity index (χ0v) is 7.85. The minimum absolute atomic E-state index is 0.486. The van der Waals surface area contributed by atoms with Gasteiger partial charge in [0.2, 0.25) is 0 Å². The zero-order valence-electron chi connectivity index (χ0n) is 6.26. The minimum atomic E-state index is 0.486. The number of rotatable bonds is 2. The van der Waals surface area contributed by atoms with E-state index in [-0.39, 0.29) is 0 Å². The first-order valence-corrected chi connectivity index (χ1v) is 4.14. The molecule has 1 aromatic rings. The predicted octanol–water partition coefficient (Wildman–Crippen LogP) is 2.24. The molecule has 1 rings (SSSR count). The molecule has 0 amide bonds. The summed E-state index contributed by atoms with van der Waals surface area (Å²) in [5, 5.41) is 8.44. The highest BCUT2D eigenvalue weighted by atomic mass is 79.9. The number of hydrogen-bond acceptors (Lipinski definition) is 2. The fourth-order valence-electron chi connectivity index (χ4n) is 1.01. The highest BCUT2D eigenvalue weighted by molar-refractivity contribution is 9.10. The van der Waals surface area contributed by atoms with E-state index >= 15 is 0 Å². The third-order valence-electron chi connectivity index (χ3n) is 1.39. The van der Waals surface area contributed by atoms with Gasteiger partial charge in [0.15, 0.2) is 0 Å². The zero-order chi connectivity index (χ0) is 8.27. The summed E-state index contributed by atoms with van der Waals surface area (Å²) in [6.07, 6.45) is 0. The summed E-state index contributed by atoms with van der Waals surface area (Å²) in [4.78, 5) is 0. The molecule has 0 aliphatic carbocycles. The lowest BCUT2D eigenvalue weighted by atomic mass is 10.1. The Morgan fingerprint density at radius 1 is 1.45 bits per heavy atom. The van der Waals surface area contributed by atoms with Crippen LogP contribution in [0, 0.1) is 6.92 Å². The van der Waals surface area contributed by atoms with Crippen LogP contribution in [0.2, 0.25) is 0 Å². The van der Waals surface area contributed by atoms with Gasteiger partial charge in [-0.2, -0.15) is 0 Å². The van der Waals surface area contributed by atoms with Gasteiger partial charge in [-0.05, 0) is 30.2 Å². The maximum absolute atomic E-state index is 8.44. The lowest BCUT2D eigenvalue weighted by Crippen LogP contribution is -2.05. The topological polar surface area (TPSA) is 32.3 Å². The van der Waals surface area contributed by atoms with E-state index in [9.17, 15) is 0 Å². The van der Waals surface area contributed by atoms with E-state index in [1.54, 1.807) is 0 Å². The molecule has 2 N–H and O–H groups in total. The molecule has 60 valence electrons. The van der Waals surface area contributed by atoms with Crippen LogP contribution in [0.5, 0.6) is 0 Å². The van der Waals surface area contributed by atoms with E-state index in [4.69, 9.17) is 5.21 Å². The van der Waals surface area contributed by atoms with Gasteiger partial charge in [0.05, 0.1) is 0 Å². The second-order valence-electron chi connectivity index (χ2n) is 2.47. The van der Waals surface area contributed by atoms with Gasteiger partial charge in [0.25, 0.3) is 0 Å². The number of benzene rings is 1. The molecule has 0 aromatic heterocycles. The molecule has 0 spiro atoms. The largest absolute Gasteiger partial charge is 0.316 e. The van der Waals surface area contributed by atoms with Gasteiger partial charge >= 0.3 is 0 Å². The molecule has 0 unspecified atom stereocenters. The first-order valence-electron chi connectivity index (χ1n) is 3.35. The lowest BCUT2D eigenvalue weighted by molar-refractivity contribution is 0.161. The van der Waals surface area contributed by atoms with Crippen LogP contribution in [0.25, 0.3) is 0 Å². The average Bonchev–Trinajstić information content (AvgIpc) is 1.85. The van der Waals surface area contributed by atoms with E-state index in [1.165, 1.54) is 5.56 Å². The van der Waals surface area contributed by atoms with E-state index in [1.807, 2.05) is 25.1 Å². The van der Waals surface area contributed by atoms with Crippen LogP contribution in [0.1, 0.15) is 11.1 Å². The van der Waals surface area contributed by atoms with E-state index < -0.39 is 0 Å². The van der Waals surface area contributed by atoms with Gasteiger partial charge in [0.1, 0.15) is 0 Å². The maximum Gasteiger partial charge on any atom is 0.0458 e. The first kappa shape index (κ1) is 8.71. The smallest absolute Gasteiger partial charge is 0.0458 e. The van der Waals surface area contributed by atoms with Crippen molar-refractivity contribution in [2.45, 2.75) is 13.5 Å². The molecule has 0 bridgehead atoms. The Bertz CT molecular complexity index is 230. The van der Waals surface area contributed by atoms with Crippen LogP contribution in [0.15, 0.2) is 22.7 Å². The second kappa shape index (κ2) is 3.85. The summed E-state index contributed by atoms with van der Waals surface area (Å²) in [7, 11) is 0. The lowest BCUT2D eigenvalue weighted by Gasteiger charge is -2.01. The molecule has 11 heavy (non-hydrogen) atoms. The van der Waals surface area contributed by atoms with Crippen LogP contribution in [-0.2, 0) is 6.54 Å². The molecule has 0 saturated carbocycles.